The van der Waals surface area contributed by atoms with Gasteiger partial charge >= 0.3 is 0 Å². The van der Waals surface area contributed by atoms with Crippen LogP contribution in [0.5, 0.6) is 11.5 Å². The molecule has 0 spiro atoms. The summed E-state index contributed by atoms with van der Waals surface area (Å²) in [6.07, 6.45) is 7.22. The van der Waals surface area contributed by atoms with Gasteiger partial charge in [-0.3, -0.25) is 0 Å². The van der Waals surface area contributed by atoms with Crippen molar-refractivity contribution >= 4 is 0 Å². The van der Waals surface area contributed by atoms with Gasteiger partial charge in [0.25, 0.3) is 0 Å². The Morgan fingerprint density at radius 2 is 1.61 bits per heavy atom. The lowest BCUT2D eigenvalue weighted by Crippen LogP contribution is -2.41. The predicted molar refractivity (Wildman–Crippen MR) is 99.1 cm³/mol. The van der Waals surface area contributed by atoms with Crippen LogP contribution in [0, 0.1) is 10.8 Å². The van der Waals surface area contributed by atoms with E-state index in [4.69, 9.17) is 0 Å². The first kappa shape index (κ1) is 19.9. The fourth-order valence-electron chi connectivity index (χ4n) is 4.17. The first-order valence-electron chi connectivity index (χ1n) is 9.27. The molecule has 0 fully saturated rings. The molecule has 1 rings (SSSR count). The van der Waals surface area contributed by atoms with Gasteiger partial charge < -0.3 is 10.2 Å². The molecule has 0 bridgehead atoms. The number of hydrogen-bond acceptors (Lipinski definition) is 2. The number of rotatable bonds is 9. The van der Waals surface area contributed by atoms with Gasteiger partial charge in [0.05, 0.1) is 0 Å². The topological polar surface area (TPSA) is 40.5 Å². The lowest BCUT2D eigenvalue weighted by atomic mass is 9.53. The Bertz CT molecular complexity index is 497. The van der Waals surface area contributed by atoms with Crippen LogP contribution in [0.2, 0.25) is 0 Å². The van der Waals surface area contributed by atoms with Gasteiger partial charge in [0.15, 0.2) is 11.5 Å². The van der Waals surface area contributed by atoms with E-state index in [1.54, 1.807) is 12.1 Å². The van der Waals surface area contributed by atoms with Crippen molar-refractivity contribution in [2.24, 2.45) is 10.8 Å². The monoisotopic (exact) mass is 320 g/mol. The lowest BCUT2D eigenvalue weighted by Gasteiger charge is -2.51. The van der Waals surface area contributed by atoms with E-state index in [0.717, 1.165) is 18.4 Å². The maximum absolute atomic E-state index is 9.90. The molecule has 0 amide bonds. The number of unbranched alkanes of at least 4 members (excludes halogenated alkanes) is 1. The number of aromatic hydroxyl groups is 2. The van der Waals surface area contributed by atoms with Crippen LogP contribution < -0.4 is 0 Å². The summed E-state index contributed by atoms with van der Waals surface area (Å²) in [5.74, 6) is 0.276. The first-order chi connectivity index (χ1) is 10.8. The molecule has 1 aromatic rings. The molecule has 0 aliphatic carbocycles. The standard InChI is InChI=1S/C21H36O2/c1-7-10-14-20(5,9-3)21(6,13-8-2)16(4)17-11-12-18(22)19(23)15-17/h11-12,15-16,22-23H,7-10,13-14H2,1-6H3. The average Bonchev–Trinajstić information content (AvgIpc) is 2.54. The van der Waals surface area contributed by atoms with Gasteiger partial charge in [-0.1, -0.05) is 73.3 Å². The molecule has 0 saturated heterocycles. The Morgan fingerprint density at radius 1 is 0.957 bits per heavy atom. The summed E-state index contributed by atoms with van der Waals surface area (Å²) in [4.78, 5) is 0. The molecule has 1 aromatic carbocycles. The molecule has 3 unspecified atom stereocenters. The SMILES string of the molecule is CCCCC(C)(CC)C(C)(CCC)C(C)c1ccc(O)c(O)c1. The first-order valence-corrected chi connectivity index (χ1v) is 9.27. The van der Waals surface area contributed by atoms with Crippen molar-refractivity contribution < 1.29 is 10.2 Å². The Labute approximate surface area is 142 Å². The summed E-state index contributed by atoms with van der Waals surface area (Å²) in [6, 6.07) is 5.32. The van der Waals surface area contributed by atoms with E-state index in [9.17, 15) is 10.2 Å². The van der Waals surface area contributed by atoms with Crippen LogP contribution in [0.1, 0.15) is 91.5 Å². The molecule has 2 heteroatoms. The summed E-state index contributed by atoms with van der Waals surface area (Å²) >= 11 is 0. The minimum atomic E-state index is -0.0395. The van der Waals surface area contributed by atoms with Crippen molar-refractivity contribution in [2.75, 3.05) is 0 Å². The van der Waals surface area contributed by atoms with Gasteiger partial charge in [-0.2, -0.15) is 0 Å². The van der Waals surface area contributed by atoms with Gasteiger partial charge in [0, 0.05) is 0 Å². The van der Waals surface area contributed by atoms with E-state index < -0.39 is 0 Å². The van der Waals surface area contributed by atoms with Crippen molar-refractivity contribution in [3.05, 3.63) is 23.8 Å². The van der Waals surface area contributed by atoms with Crippen LogP contribution in [-0.2, 0) is 0 Å². The lowest BCUT2D eigenvalue weighted by molar-refractivity contribution is 0.0185. The van der Waals surface area contributed by atoms with E-state index in [2.05, 4.69) is 41.5 Å². The second-order valence-electron chi connectivity index (χ2n) is 7.66. The van der Waals surface area contributed by atoms with Crippen molar-refractivity contribution in [1.29, 1.82) is 0 Å². The Morgan fingerprint density at radius 3 is 2.09 bits per heavy atom. The van der Waals surface area contributed by atoms with Gasteiger partial charge in [0.1, 0.15) is 0 Å². The third-order valence-electron chi connectivity index (χ3n) is 6.47. The van der Waals surface area contributed by atoms with Crippen LogP contribution in [0.4, 0.5) is 0 Å². The van der Waals surface area contributed by atoms with E-state index >= 15 is 0 Å². The molecule has 0 aliphatic heterocycles. The van der Waals surface area contributed by atoms with Crippen LogP contribution in [-0.4, -0.2) is 10.2 Å². The minimum absolute atomic E-state index is 0.0139. The molecular formula is C21H36O2. The Balaban J connectivity index is 3.26. The van der Waals surface area contributed by atoms with Crippen molar-refractivity contribution in [1.82, 2.24) is 0 Å². The molecular weight excluding hydrogens is 284 g/mol. The summed E-state index contributed by atoms with van der Waals surface area (Å²) in [5.41, 5.74) is 1.55. The summed E-state index contributed by atoms with van der Waals surface area (Å²) in [7, 11) is 0. The number of phenols is 2. The second-order valence-corrected chi connectivity index (χ2v) is 7.66. The number of benzene rings is 1. The van der Waals surface area contributed by atoms with Crippen LogP contribution >= 0.6 is 0 Å². The maximum atomic E-state index is 9.90. The van der Waals surface area contributed by atoms with E-state index in [-0.39, 0.29) is 22.3 Å². The third kappa shape index (κ3) is 4.02. The highest BCUT2D eigenvalue weighted by Gasteiger charge is 2.46. The smallest absolute Gasteiger partial charge is 0.157 e. The Kier molecular flexibility index (Phi) is 6.98. The molecule has 3 atom stereocenters. The summed E-state index contributed by atoms with van der Waals surface area (Å²) in [6.45, 7) is 14.0. The second kappa shape index (κ2) is 8.08. The van der Waals surface area contributed by atoms with E-state index in [0.29, 0.717) is 5.92 Å². The van der Waals surface area contributed by atoms with E-state index in [1.165, 1.54) is 25.7 Å². The highest BCUT2D eigenvalue weighted by Crippen LogP contribution is 2.56. The molecule has 23 heavy (non-hydrogen) atoms. The molecule has 2 nitrogen and oxygen atoms in total. The molecule has 0 aliphatic rings. The summed E-state index contributed by atoms with van der Waals surface area (Å²) in [5, 5.41) is 19.5. The average molecular weight is 321 g/mol. The molecule has 0 saturated carbocycles. The molecule has 2 N–H and O–H groups in total. The van der Waals surface area contributed by atoms with Crippen molar-refractivity contribution in [3.8, 4) is 11.5 Å². The third-order valence-corrected chi connectivity index (χ3v) is 6.47. The minimum Gasteiger partial charge on any atom is -0.504 e. The van der Waals surface area contributed by atoms with Gasteiger partial charge in [-0.05, 0) is 47.3 Å². The normalized spacial score (nSPS) is 18.2. The molecule has 132 valence electrons. The molecule has 0 radical (unpaired) electrons. The predicted octanol–water partition coefficient (Wildman–Crippen LogP) is 6.61. The quantitative estimate of drug-likeness (QED) is 0.502. The van der Waals surface area contributed by atoms with Gasteiger partial charge in [-0.15, -0.1) is 0 Å². The fourth-order valence-corrected chi connectivity index (χ4v) is 4.17. The number of hydrogen-bond donors (Lipinski definition) is 2. The largest absolute Gasteiger partial charge is 0.504 e. The zero-order valence-corrected chi connectivity index (χ0v) is 15.9. The molecule has 0 aromatic heterocycles. The summed E-state index contributed by atoms with van der Waals surface area (Å²) < 4.78 is 0. The molecule has 0 heterocycles. The highest BCUT2D eigenvalue weighted by atomic mass is 16.3. The van der Waals surface area contributed by atoms with Crippen LogP contribution in [0.3, 0.4) is 0 Å². The van der Waals surface area contributed by atoms with Crippen LogP contribution in [0.15, 0.2) is 18.2 Å². The van der Waals surface area contributed by atoms with Gasteiger partial charge in [-0.25, -0.2) is 0 Å². The van der Waals surface area contributed by atoms with E-state index in [1.807, 2.05) is 6.07 Å². The van der Waals surface area contributed by atoms with Crippen molar-refractivity contribution in [2.45, 2.75) is 86.0 Å². The maximum Gasteiger partial charge on any atom is 0.157 e. The highest BCUT2D eigenvalue weighted by molar-refractivity contribution is 5.42. The zero-order valence-electron chi connectivity index (χ0n) is 15.9. The zero-order chi connectivity index (χ0) is 17.7. The fraction of sp³-hybridized carbons (Fsp3) is 0.714. The van der Waals surface area contributed by atoms with Gasteiger partial charge in [0.2, 0.25) is 0 Å². The number of phenolic OH excluding ortho intramolecular Hbond substituents is 2. The van der Waals surface area contributed by atoms with Crippen LogP contribution in [0.25, 0.3) is 0 Å². The van der Waals surface area contributed by atoms with Crippen molar-refractivity contribution in [3.63, 3.8) is 0 Å². The Hall–Kier alpha value is -1.18.